The van der Waals surface area contributed by atoms with Crippen LogP contribution in [-0.4, -0.2) is 23.4 Å². The van der Waals surface area contributed by atoms with Gasteiger partial charge in [0.15, 0.2) is 5.71 Å². The first kappa shape index (κ1) is 10.2. The number of hydrogen-bond donors (Lipinski definition) is 1. The highest BCUT2D eigenvalue weighted by atomic mass is 16.6. The Morgan fingerprint density at radius 2 is 2.25 bits per heavy atom. The van der Waals surface area contributed by atoms with Gasteiger partial charge >= 0.3 is 0 Å². The molecule has 1 aliphatic rings. The van der Waals surface area contributed by atoms with Crippen molar-refractivity contribution >= 4 is 11.6 Å². The first-order valence-corrected chi connectivity index (χ1v) is 4.67. The summed E-state index contributed by atoms with van der Waals surface area (Å²) in [7, 11) is 0. The second-order valence-electron chi connectivity index (χ2n) is 3.03. The Labute approximate surface area is 92.3 Å². The van der Waals surface area contributed by atoms with Gasteiger partial charge in [-0.1, -0.05) is 29.9 Å². The lowest BCUT2D eigenvalue weighted by Crippen LogP contribution is -2.14. The maximum absolute atomic E-state index is 8.77. The summed E-state index contributed by atoms with van der Waals surface area (Å²) < 4.78 is 5.26. The standard InChI is InChI=1S/C11H10N2O3/c1-2-7-15-13-10-8-5-3-4-6-9(8)16-11(10)12-14/h2-6,14H,1,7H2. The number of fused-ring (bicyclic) bond motifs is 1. The van der Waals surface area contributed by atoms with Gasteiger partial charge < -0.3 is 14.8 Å². The van der Waals surface area contributed by atoms with Crippen molar-refractivity contribution in [3.8, 4) is 5.75 Å². The van der Waals surface area contributed by atoms with Crippen LogP contribution in [0.25, 0.3) is 0 Å². The van der Waals surface area contributed by atoms with Gasteiger partial charge in [0.2, 0.25) is 0 Å². The van der Waals surface area contributed by atoms with Crippen molar-refractivity contribution in [1.82, 2.24) is 0 Å². The summed E-state index contributed by atoms with van der Waals surface area (Å²) in [6.45, 7) is 3.79. The molecule has 0 aliphatic carbocycles. The molecule has 5 nitrogen and oxygen atoms in total. The van der Waals surface area contributed by atoms with E-state index < -0.39 is 0 Å². The van der Waals surface area contributed by atoms with Gasteiger partial charge in [0, 0.05) is 0 Å². The van der Waals surface area contributed by atoms with Crippen molar-refractivity contribution in [3.05, 3.63) is 42.5 Å². The van der Waals surface area contributed by atoms with Gasteiger partial charge in [-0.15, -0.1) is 0 Å². The number of oxime groups is 2. The van der Waals surface area contributed by atoms with Crippen LogP contribution in [0.1, 0.15) is 5.56 Å². The zero-order valence-corrected chi connectivity index (χ0v) is 8.46. The summed E-state index contributed by atoms with van der Waals surface area (Å²) >= 11 is 0. The Hall–Kier alpha value is -2.30. The van der Waals surface area contributed by atoms with Gasteiger partial charge in [0.25, 0.3) is 5.90 Å². The van der Waals surface area contributed by atoms with Crippen LogP contribution >= 0.6 is 0 Å². The fourth-order valence-electron chi connectivity index (χ4n) is 1.33. The molecule has 5 heteroatoms. The number of nitrogens with zero attached hydrogens (tertiary/aromatic N) is 2. The topological polar surface area (TPSA) is 63.4 Å². The zero-order valence-electron chi connectivity index (χ0n) is 8.46. The molecule has 16 heavy (non-hydrogen) atoms. The summed E-state index contributed by atoms with van der Waals surface area (Å²) in [5, 5.41) is 15.6. The van der Waals surface area contributed by atoms with Gasteiger partial charge in [-0.25, -0.2) is 0 Å². The van der Waals surface area contributed by atoms with E-state index in [4.69, 9.17) is 14.8 Å². The highest BCUT2D eigenvalue weighted by molar-refractivity contribution is 6.48. The molecular weight excluding hydrogens is 208 g/mol. The third-order valence-electron chi connectivity index (χ3n) is 1.99. The molecule has 0 bridgehead atoms. The van der Waals surface area contributed by atoms with Crippen molar-refractivity contribution in [2.24, 2.45) is 10.3 Å². The molecule has 0 unspecified atom stereocenters. The first-order valence-electron chi connectivity index (χ1n) is 4.67. The first-order chi connectivity index (χ1) is 7.86. The minimum absolute atomic E-state index is 0.0327. The number of benzene rings is 1. The molecule has 0 aromatic heterocycles. The van der Waals surface area contributed by atoms with E-state index in [0.717, 1.165) is 5.56 Å². The van der Waals surface area contributed by atoms with Crippen molar-refractivity contribution in [1.29, 1.82) is 0 Å². The van der Waals surface area contributed by atoms with E-state index in [-0.39, 0.29) is 12.5 Å². The molecule has 0 amide bonds. The second-order valence-corrected chi connectivity index (χ2v) is 3.03. The van der Waals surface area contributed by atoms with Crippen LogP contribution in [-0.2, 0) is 4.84 Å². The average molecular weight is 218 g/mol. The number of rotatable bonds is 3. The van der Waals surface area contributed by atoms with Gasteiger partial charge in [-0.2, -0.15) is 0 Å². The molecule has 1 aromatic carbocycles. The quantitative estimate of drug-likeness (QED) is 0.364. The summed E-state index contributed by atoms with van der Waals surface area (Å²) in [5.41, 5.74) is 1.11. The molecule has 0 spiro atoms. The van der Waals surface area contributed by atoms with E-state index in [1.807, 2.05) is 18.2 Å². The predicted molar refractivity (Wildman–Crippen MR) is 59.0 cm³/mol. The van der Waals surface area contributed by atoms with E-state index in [1.54, 1.807) is 12.1 Å². The third-order valence-corrected chi connectivity index (χ3v) is 1.99. The number of para-hydroxylation sites is 1. The van der Waals surface area contributed by atoms with Crippen LogP contribution in [0.15, 0.2) is 47.2 Å². The molecule has 1 aliphatic heterocycles. The Morgan fingerprint density at radius 3 is 3.00 bits per heavy atom. The molecule has 1 heterocycles. The average Bonchev–Trinajstić information content (AvgIpc) is 2.68. The zero-order chi connectivity index (χ0) is 11.4. The molecular formula is C11H10N2O3. The Kier molecular flexibility index (Phi) is 2.86. The van der Waals surface area contributed by atoms with Crippen molar-refractivity contribution in [2.45, 2.75) is 0 Å². The van der Waals surface area contributed by atoms with Gasteiger partial charge in [0.05, 0.1) is 5.56 Å². The summed E-state index contributed by atoms with van der Waals surface area (Å²) in [6.07, 6.45) is 1.57. The summed E-state index contributed by atoms with van der Waals surface area (Å²) in [5.74, 6) is 0.626. The molecule has 2 rings (SSSR count). The summed E-state index contributed by atoms with van der Waals surface area (Å²) in [6, 6.07) is 7.23. The molecule has 82 valence electrons. The Bertz CT molecular complexity index is 466. The van der Waals surface area contributed by atoms with Crippen LogP contribution in [0.2, 0.25) is 0 Å². The predicted octanol–water partition coefficient (Wildman–Crippen LogP) is 1.77. The number of hydrogen-bond acceptors (Lipinski definition) is 5. The lowest BCUT2D eigenvalue weighted by atomic mass is 10.1. The number of ether oxygens (including phenoxy) is 1. The van der Waals surface area contributed by atoms with E-state index in [2.05, 4.69) is 16.9 Å². The minimum atomic E-state index is 0.0327. The SMILES string of the molecule is C=CCON=C1C(=NO)Oc2ccccc21. The van der Waals surface area contributed by atoms with Gasteiger partial charge in [-0.3, -0.25) is 0 Å². The fourth-order valence-corrected chi connectivity index (χ4v) is 1.33. The van der Waals surface area contributed by atoms with E-state index >= 15 is 0 Å². The maximum Gasteiger partial charge on any atom is 0.285 e. The highest BCUT2D eigenvalue weighted by Gasteiger charge is 2.27. The Morgan fingerprint density at radius 1 is 1.44 bits per heavy atom. The molecule has 0 radical (unpaired) electrons. The maximum atomic E-state index is 8.77. The van der Waals surface area contributed by atoms with Crippen LogP contribution < -0.4 is 4.74 Å². The van der Waals surface area contributed by atoms with Crippen molar-refractivity contribution in [2.75, 3.05) is 6.61 Å². The lowest BCUT2D eigenvalue weighted by Gasteiger charge is -1.96. The van der Waals surface area contributed by atoms with Crippen LogP contribution in [0.3, 0.4) is 0 Å². The van der Waals surface area contributed by atoms with Crippen LogP contribution in [0, 0.1) is 0 Å². The van der Waals surface area contributed by atoms with Gasteiger partial charge in [-0.05, 0) is 17.3 Å². The van der Waals surface area contributed by atoms with Crippen molar-refractivity contribution in [3.63, 3.8) is 0 Å². The molecule has 0 saturated heterocycles. The normalized spacial score (nSPS) is 18.2. The smallest absolute Gasteiger partial charge is 0.285 e. The molecule has 0 fully saturated rings. The highest BCUT2D eigenvalue weighted by Crippen LogP contribution is 2.26. The van der Waals surface area contributed by atoms with Crippen molar-refractivity contribution < 1.29 is 14.8 Å². The third kappa shape index (κ3) is 1.75. The largest absolute Gasteiger partial charge is 0.434 e. The molecule has 1 aromatic rings. The van der Waals surface area contributed by atoms with E-state index in [9.17, 15) is 0 Å². The van der Waals surface area contributed by atoms with E-state index in [0.29, 0.717) is 11.5 Å². The van der Waals surface area contributed by atoms with Crippen LogP contribution in [0.4, 0.5) is 0 Å². The minimum Gasteiger partial charge on any atom is -0.434 e. The fraction of sp³-hybridized carbons (Fsp3) is 0.0909. The lowest BCUT2D eigenvalue weighted by molar-refractivity contribution is 0.175. The summed E-state index contributed by atoms with van der Waals surface area (Å²) in [4.78, 5) is 4.95. The Balaban J connectivity index is 2.34. The molecule has 0 saturated carbocycles. The monoisotopic (exact) mass is 218 g/mol. The molecule has 0 atom stereocenters. The van der Waals surface area contributed by atoms with Gasteiger partial charge in [0.1, 0.15) is 12.4 Å². The van der Waals surface area contributed by atoms with E-state index in [1.165, 1.54) is 0 Å². The van der Waals surface area contributed by atoms with Crippen LogP contribution in [0.5, 0.6) is 5.75 Å². The second kappa shape index (κ2) is 4.48. The molecule has 1 N–H and O–H groups in total.